The number of carbonyl (C=O) groups is 2. The summed E-state index contributed by atoms with van der Waals surface area (Å²) >= 11 is 0. The Balaban J connectivity index is 2.22. The Labute approximate surface area is 125 Å². The standard InChI is InChI=1S/C18H20O3/c1-17-9-6-10-18(2,16(20)21-3)15(17)11-14(19)12-7-4-5-8-13(12)17/h4-5,7-8,11H,6,9-10H2,1-3H3. The van der Waals surface area contributed by atoms with Gasteiger partial charge in [0.2, 0.25) is 0 Å². The number of hydrogen-bond donors (Lipinski definition) is 0. The highest BCUT2D eigenvalue weighted by Gasteiger charge is 2.52. The minimum atomic E-state index is -0.703. The maximum absolute atomic E-state index is 12.5. The van der Waals surface area contributed by atoms with Gasteiger partial charge in [-0.25, -0.2) is 0 Å². The van der Waals surface area contributed by atoms with Crippen LogP contribution in [-0.4, -0.2) is 18.9 Å². The van der Waals surface area contributed by atoms with E-state index in [1.807, 2.05) is 31.2 Å². The predicted octanol–water partition coefficient (Wildman–Crippen LogP) is 3.43. The Hall–Kier alpha value is -1.90. The smallest absolute Gasteiger partial charge is 0.315 e. The summed E-state index contributed by atoms with van der Waals surface area (Å²) in [5.74, 6) is -0.248. The molecule has 0 aromatic heterocycles. The first-order valence-electron chi connectivity index (χ1n) is 7.38. The van der Waals surface area contributed by atoms with Crippen LogP contribution in [0.3, 0.4) is 0 Å². The molecule has 1 aromatic carbocycles. The van der Waals surface area contributed by atoms with Gasteiger partial charge in [0.25, 0.3) is 0 Å². The normalized spacial score (nSPS) is 31.0. The summed E-state index contributed by atoms with van der Waals surface area (Å²) in [6.45, 7) is 4.05. The van der Waals surface area contributed by atoms with Crippen LogP contribution in [0.4, 0.5) is 0 Å². The molecule has 21 heavy (non-hydrogen) atoms. The molecule has 0 heterocycles. The molecule has 0 bridgehead atoms. The van der Waals surface area contributed by atoms with Crippen LogP contribution in [0.2, 0.25) is 0 Å². The van der Waals surface area contributed by atoms with Crippen LogP contribution in [0, 0.1) is 5.41 Å². The topological polar surface area (TPSA) is 43.4 Å². The molecule has 1 fully saturated rings. The van der Waals surface area contributed by atoms with Crippen LogP contribution in [0.15, 0.2) is 35.9 Å². The van der Waals surface area contributed by atoms with Crippen molar-refractivity contribution in [1.29, 1.82) is 0 Å². The number of benzene rings is 1. The van der Waals surface area contributed by atoms with Gasteiger partial charge < -0.3 is 4.74 Å². The number of ketones is 1. The zero-order valence-corrected chi connectivity index (χ0v) is 12.7. The van der Waals surface area contributed by atoms with E-state index in [1.54, 1.807) is 6.08 Å². The number of methoxy groups -OCH3 is 1. The largest absolute Gasteiger partial charge is 0.468 e. The third-order valence-corrected chi connectivity index (χ3v) is 5.24. The lowest BCUT2D eigenvalue weighted by Crippen LogP contribution is -2.46. The maximum atomic E-state index is 12.5. The summed E-state index contributed by atoms with van der Waals surface area (Å²) < 4.78 is 5.02. The second-order valence-corrected chi connectivity index (χ2v) is 6.48. The van der Waals surface area contributed by atoms with Crippen molar-refractivity contribution in [3.8, 4) is 0 Å². The molecule has 1 saturated carbocycles. The highest BCUT2D eigenvalue weighted by molar-refractivity contribution is 6.09. The summed E-state index contributed by atoms with van der Waals surface area (Å²) in [4.78, 5) is 24.8. The van der Waals surface area contributed by atoms with E-state index < -0.39 is 5.41 Å². The first-order chi connectivity index (χ1) is 9.93. The molecule has 2 aliphatic rings. The Kier molecular flexibility index (Phi) is 3.05. The second-order valence-electron chi connectivity index (χ2n) is 6.48. The van der Waals surface area contributed by atoms with Crippen molar-refractivity contribution in [1.82, 2.24) is 0 Å². The third kappa shape index (κ3) is 1.80. The fraction of sp³-hybridized carbons (Fsp3) is 0.444. The van der Waals surface area contributed by atoms with E-state index in [-0.39, 0.29) is 17.2 Å². The van der Waals surface area contributed by atoms with E-state index in [4.69, 9.17) is 4.74 Å². The molecule has 110 valence electrons. The molecular formula is C18H20O3. The van der Waals surface area contributed by atoms with Crippen LogP contribution < -0.4 is 0 Å². The van der Waals surface area contributed by atoms with Gasteiger partial charge in [0, 0.05) is 11.0 Å². The number of hydrogen-bond acceptors (Lipinski definition) is 3. The van der Waals surface area contributed by atoms with Crippen LogP contribution in [-0.2, 0) is 14.9 Å². The lowest BCUT2D eigenvalue weighted by atomic mass is 9.54. The van der Waals surface area contributed by atoms with Crippen molar-refractivity contribution in [3.63, 3.8) is 0 Å². The summed E-state index contributed by atoms with van der Waals surface area (Å²) in [5.41, 5.74) is 1.76. The van der Waals surface area contributed by atoms with E-state index in [9.17, 15) is 9.59 Å². The van der Waals surface area contributed by atoms with Crippen molar-refractivity contribution in [3.05, 3.63) is 47.0 Å². The SMILES string of the molecule is COC(=O)C1(C)CCCC2(C)C1=CC(=O)c1ccccc12. The van der Waals surface area contributed by atoms with Crippen molar-refractivity contribution in [2.45, 2.75) is 38.5 Å². The van der Waals surface area contributed by atoms with Crippen LogP contribution in [0.1, 0.15) is 49.0 Å². The molecule has 3 rings (SSSR count). The molecule has 3 nitrogen and oxygen atoms in total. The van der Waals surface area contributed by atoms with E-state index in [0.29, 0.717) is 0 Å². The minimum absolute atomic E-state index is 0.00453. The van der Waals surface area contributed by atoms with Gasteiger partial charge in [-0.3, -0.25) is 9.59 Å². The Morgan fingerprint density at radius 2 is 1.90 bits per heavy atom. The molecule has 3 heteroatoms. The lowest BCUT2D eigenvalue weighted by molar-refractivity contribution is -0.151. The molecule has 0 amide bonds. The first-order valence-corrected chi connectivity index (χ1v) is 7.38. The van der Waals surface area contributed by atoms with Crippen LogP contribution in [0.25, 0.3) is 0 Å². The average Bonchev–Trinajstić information content (AvgIpc) is 2.49. The van der Waals surface area contributed by atoms with Gasteiger partial charge in [-0.2, -0.15) is 0 Å². The van der Waals surface area contributed by atoms with Gasteiger partial charge in [-0.1, -0.05) is 37.6 Å². The summed E-state index contributed by atoms with van der Waals surface area (Å²) in [5, 5.41) is 0. The van der Waals surface area contributed by atoms with Gasteiger partial charge >= 0.3 is 5.97 Å². The van der Waals surface area contributed by atoms with Crippen molar-refractivity contribution < 1.29 is 14.3 Å². The number of fused-ring (bicyclic) bond motifs is 3. The summed E-state index contributed by atoms with van der Waals surface area (Å²) in [7, 11) is 1.42. The van der Waals surface area contributed by atoms with Crippen LogP contribution in [0.5, 0.6) is 0 Å². The molecule has 2 aliphatic carbocycles. The van der Waals surface area contributed by atoms with E-state index in [1.165, 1.54) is 7.11 Å². The zero-order chi connectivity index (χ0) is 15.3. The number of ether oxygens (including phenoxy) is 1. The van der Waals surface area contributed by atoms with E-state index >= 15 is 0 Å². The molecule has 2 unspecified atom stereocenters. The number of allylic oxidation sites excluding steroid dienone is 1. The van der Waals surface area contributed by atoms with Gasteiger partial charge in [0.1, 0.15) is 0 Å². The summed E-state index contributed by atoms with van der Waals surface area (Å²) in [6, 6.07) is 7.75. The minimum Gasteiger partial charge on any atom is -0.468 e. The van der Waals surface area contributed by atoms with Crippen molar-refractivity contribution in [2.24, 2.45) is 5.41 Å². The van der Waals surface area contributed by atoms with Crippen LogP contribution >= 0.6 is 0 Å². The summed E-state index contributed by atoms with van der Waals surface area (Å²) in [6.07, 6.45) is 4.31. The number of rotatable bonds is 1. The Bertz CT molecular complexity index is 658. The quantitative estimate of drug-likeness (QED) is 0.742. The van der Waals surface area contributed by atoms with Gasteiger partial charge in [0.15, 0.2) is 5.78 Å². The molecule has 0 N–H and O–H groups in total. The molecule has 0 spiro atoms. The zero-order valence-electron chi connectivity index (χ0n) is 12.7. The van der Waals surface area contributed by atoms with E-state index in [0.717, 1.165) is 36.0 Å². The Morgan fingerprint density at radius 3 is 2.62 bits per heavy atom. The Morgan fingerprint density at radius 1 is 1.19 bits per heavy atom. The third-order valence-electron chi connectivity index (χ3n) is 5.24. The monoisotopic (exact) mass is 284 g/mol. The highest BCUT2D eigenvalue weighted by Crippen LogP contribution is 2.55. The second kappa shape index (κ2) is 4.55. The number of esters is 1. The molecule has 2 atom stereocenters. The van der Waals surface area contributed by atoms with Gasteiger partial charge in [-0.05, 0) is 37.0 Å². The number of carbonyl (C=O) groups excluding carboxylic acids is 2. The average molecular weight is 284 g/mol. The molecule has 0 saturated heterocycles. The van der Waals surface area contributed by atoms with E-state index in [2.05, 4.69) is 6.92 Å². The molecule has 0 radical (unpaired) electrons. The molecule has 0 aliphatic heterocycles. The first kappa shape index (κ1) is 14.1. The lowest BCUT2D eigenvalue weighted by Gasteiger charge is -2.48. The maximum Gasteiger partial charge on any atom is 0.315 e. The highest BCUT2D eigenvalue weighted by atomic mass is 16.5. The predicted molar refractivity (Wildman–Crippen MR) is 80.2 cm³/mol. The van der Waals surface area contributed by atoms with Crippen molar-refractivity contribution in [2.75, 3.05) is 7.11 Å². The fourth-order valence-electron chi connectivity index (χ4n) is 4.10. The molecular weight excluding hydrogens is 264 g/mol. The fourth-order valence-corrected chi connectivity index (χ4v) is 4.10. The molecule has 1 aromatic rings. The van der Waals surface area contributed by atoms with Gasteiger partial charge in [-0.15, -0.1) is 0 Å². The van der Waals surface area contributed by atoms with Crippen molar-refractivity contribution >= 4 is 11.8 Å². The van der Waals surface area contributed by atoms with Gasteiger partial charge in [0.05, 0.1) is 12.5 Å².